The number of rotatable bonds is 10. The average molecular weight is 476 g/mol. The highest BCUT2D eigenvalue weighted by molar-refractivity contribution is 6.30. The summed E-state index contributed by atoms with van der Waals surface area (Å²) in [5, 5.41) is 3.69. The van der Waals surface area contributed by atoms with Crippen LogP contribution in [-0.4, -0.2) is 28.6 Å². The molecule has 0 radical (unpaired) electrons. The number of aromatic nitrogens is 2. The van der Waals surface area contributed by atoms with E-state index in [4.69, 9.17) is 21.3 Å². The number of imidazole rings is 1. The van der Waals surface area contributed by atoms with Crippen molar-refractivity contribution < 1.29 is 9.53 Å². The number of nitrogens with one attached hydrogen (secondary N) is 1. The van der Waals surface area contributed by atoms with E-state index in [0.29, 0.717) is 31.0 Å². The Morgan fingerprint density at radius 1 is 1.00 bits per heavy atom. The second-order valence-corrected chi connectivity index (χ2v) is 8.93. The van der Waals surface area contributed by atoms with Crippen LogP contribution in [0.3, 0.4) is 0 Å². The molecule has 0 atom stereocenters. The summed E-state index contributed by atoms with van der Waals surface area (Å²) in [5.74, 6) is 1.94. The van der Waals surface area contributed by atoms with E-state index in [9.17, 15) is 4.79 Å². The van der Waals surface area contributed by atoms with Gasteiger partial charge in [-0.05, 0) is 61.2 Å². The van der Waals surface area contributed by atoms with Crippen molar-refractivity contribution in [2.75, 3.05) is 13.2 Å². The Balaban J connectivity index is 1.35. The molecule has 0 aliphatic heterocycles. The zero-order valence-electron chi connectivity index (χ0n) is 19.7. The third kappa shape index (κ3) is 5.97. The third-order valence-electron chi connectivity index (χ3n) is 5.86. The fraction of sp³-hybridized carbons (Fsp3) is 0.286. The van der Waals surface area contributed by atoms with E-state index in [1.807, 2.05) is 30.3 Å². The largest absolute Gasteiger partial charge is 0.493 e. The van der Waals surface area contributed by atoms with Crippen LogP contribution >= 0.6 is 11.6 Å². The quantitative estimate of drug-likeness (QED) is 0.300. The van der Waals surface area contributed by atoms with Gasteiger partial charge >= 0.3 is 0 Å². The van der Waals surface area contributed by atoms with Crippen LogP contribution in [0.1, 0.15) is 28.9 Å². The van der Waals surface area contributed by atoms with Gasteiger partial charge in [-0.1, -0.05) is 54.1 Å². The molecule has 0 spiro atoms. The summed E-state index contributed by atoms with van der Waals surface area (Å²) >= 11 is 5.92. The second kappa shape index (κ2) is 11.2. The maximum Gasteiger partial charge on any atom is 0.224 e. The summed E-state index contributed by atoms with van der Waals surface area (Å²) < 4.78 is 8.34. The van der Waals surface area contributed by atoms with Gasteiger partial charge < -0.3 is 14.6 Å². The highest BCUT2D eigenvalue weighted by atomic mass is 35.5. The van der Waals surface area contributed by atoms with Crippen LogP contribution in [0.15, 0.2) is 66.7 Å². The van der Waals surface area contributed by atoms with Crippen molar-refractivity contribution in [1.82, 2.24) is 14.9 Å². The molecule has 1 amide bonds. The molecular weight excluding hydrogens is 446 g/mol. The topological polar surface area (TPSA) is 56.1 Å². The molecule has 0 saturated heterocycles. The molecule has 1 aromatic heterocycles. The van der Waals surface area contributed by atoms with E-state index in [1.165, 1.54) is 0 Å². The molecule has 1 heterocycles. The van der Waals surface area contributed by atoms with Crippen molar-refractivity contribution in [1.29, 1.82) is 0 Å². The summed E-state index contributed by atoms with van der Waals surface area (Å²) in [6, 6.07) is 21.7. The molecule has 0 aliphatic carbocycles. The molecule has 34 heavy (non-hydrogen) atoms. The number of fused-ring (bicyclic) bond motifs is 1. The zero-order valence-corrected chi connectivity index (χ0v) is 20.4. The number of carbonyl (C=O) groups excluding carboxylic acids is 1. The van der Waals surface area contributed by atoms with Gasteiger partial charge in [-0.3, -0.25) is 4.79 Å². The minimum Gasteiger partial charge on any atom is -0.493 e. The Bertz CT molecular complexity index is 1240. The fourth-order valence-corrected chi connectivity index (χ4v) is 4.28. The minimum absolute atomic E-state index is 0.00742. The van der Waals surface area contributed by atoms with Crippen LogP contribution < -0.4 is 10.1 Å². The molecule has 1 N–H and O–H groups in total. The van der Waals surface area contributed by atoms with Crippen LogP contribution in [0.5, 0.6) is 5.75 Å². The highest BCUT2D eigenvalue weighted by Gasteiger charge is 2.12. The number of benzene rings is 3. The number of hydrogen-bond acceptors (Lipinski definition) is 3. The third-order valence-corrected chi connectivity index (χ3v) is 6.12. The van der Waals surface area contributed by atoms with Gasteiger partial charge in [0.25, 0.3) is 0 Å². The van der Waals surface area contributed by atoms with Crippen molar-refractivity contribution in [2.24, 2.45) is 0 Å². The van der Waals surface area contributed by atoms with Gasteiger partial charge in [-0.25, -0.2) is 4.98 Å². The monoisotopic (exact) mass is 475 g/mol. The number of ether oxygens (including phenoxy) is 1. The van der Waals surface area contributed by atoms with E-state index in [2.05, 4.69) is 48.0 Å². The summed E-state index contributed by atoms with van der Waals surface area (Å²) in [6.07, 6.45) is 1.87. The number of hydrogen-bond donors (Lipinski definition) is 1. The maximum atomic E-state index is 12.4. The van der Waals surface area contributed by atoms with E-state index in [-0.39, 0.29) is 5.91 Å². The van der Waals surface area contributed by atoms with Gasteiger partial charge in [0, 0.05) is 24.5 Å². The molecular formula is C28H30ClN3O2. The van der Waals surface area contributed by atoms with Gasteiger partial charge in [-0.15, -0.1) is 0 Å². The second-order valence-electron chi connectivity index (χ2n) is 8.49. The maximum absolute atomic E-state index is 12.4. The van der Waals surface area contributed by atoms with Crippen molar-refractivity contribution in [3.8, 4) is 5.75 Å². The Labute approximate surface area is 205 Å². The summed E-state index contributed by atoms with van der Waals surface area (Å²) in [6.45, 7) is 6.12. The molecule has 6 heteroatoms. The molecule has 0 aliphatic rings. The molecule has 4 aromatic rings. The molecule has 5 nitrogen and oxygen atoms in total. The first-order chi connectivity index (χ1) is 16.5. The number of halogens is 1. The minimum atomic E-state index is -0.00742. The summed E-state index contributed by atoms with van der Waals surface area (Å²) in [7, 11) is 0. The van der Waals surface area contributed by atoms with Crippen molar-refractivity contribution in [3.63, 3.8) is 0 Å². The predicted octanol–water partition coefficient (Wildman–Crippen LogP) is 5.68. The van der Waals surface area contributed by atoms with E-state index >= 15 is 0 Å². The lowest BCUT2D eigenvalue weighted by Crippen LogP contribution is -2.28. The summed E-state index contributed by atoms with van der Waals surface area (Å²) in [5.41, 5.74) is 5.34. The lowest BCUT2D eigenvalue weighted by Gasteiger charge is -2.13. The lowest BCUT2D eigenvalue weighted by molar-refractivity contribution is -0.120. The van der Waals surface area contributed by atoms with E-state index < -0.39 is 0 Å². The first kappa shape index (κ1) is 23.8. The fourth-order valence-electron chi connectivity index (χ4n) is 4.15. The Hall–Kier alpha value is -3.31. The van der Waals surface area contributed by atoms with Crippen molar-refractivity contribution >= 4 is 28.5 Å². The predicted molar refractivity (Wildman–Crippen MR) is 138 cm³/mol. The smallest absolute Gasteiger partial charge is 0.224 e. The Morgan fingerprint density at radius 3 is 2.50 bits per heavy atom. The first-order valence-electron chi connectivity index (χ1n) is 11.7. The molecule has 0 unspecified atom stereocenters. The van der Waals surface area contributed by atoms with E-state index in [0.717, 1.165) is 52.3 Å². The lowest BCUT2D eigenvalue weighted by atomic mass is 10.1. The van der Waals surface area contributed by atoms with Crippen LogP contribution in [0.4, 0.5) is 0 Å². The van der Waals surface area contributed by atoms with Crippen molar-refractivity contribution in [2.45, 2.75) is 39.7 Å². The summed E-state index contributed by atoms with van der Waals surface area (Å²) in [4.78, 5) is 17.2. The molecule has 0 fully saturated rings. The standard InChI is InChI=1S/C28H30ClN3O2/c1-20-7-5-8-21(2)28(20)34-18-6-17-32-25-10-4-3-9-24(25)31-26(32)15-16-30-27(33)19-22-11-13-23(29)14-12-22/h3-5,7-14H,6,15-19H2,1-2H3,(H,30,33). The van der Waals surface area contributed by atoms with Crippen LogP contribution in [0.2, 0.25) is 5.02 Å². The number of amides is 1. The van der Waals surface area contributed by atoms with Gasteiger partial charge in [0.15, 0.2) is 0 Å². The number of aryl methyl sites for hydroxylation is 3. The Kier molecular flexibility index (Phi) is 7.86. The Morgan fingerprint density at radius 2 is 1.74 bits per heavy atom. The molecule has 0 saturated carbocycles. The molecule has 3 aromatic carbocycles. The van der Waals surface area contributed by atoms with Crippen LogP contribution in [0.25, 0.3) is 11.0 Å². The van der Waals surface area contributed by atoms with Crippen molar-refractivity contribution in [3.05, 3.63) is 94.3 Å². The number of nitrogens with zero attached hydrogens (tertiary/aromatic N) is 2. The SMILES string of the molecule is Cc1cccc(C)c1OCCCn1c(CCNC(=O)Cc2ccc(Cl)cc2)nc2ccccc21. The van der Waals surface area contributed by atoms with Crippen LogP contribution in [-0.2, 0) is 24.2 Å². The highest BCUT2D eigenvalue weighted by Crippen LogP contribution is 2.23. The van der Waals surface area contributed by atoms with E-state index in [1.54, 1.807) is 12.1 Å². The molecule has 176 valence electrons. The van der Waals surface area contributed by atoms with Gasteiger partial charge in [-0.2, -0.15) is 0 Å². The number of para-hydroxylation sites is 3. The normalized spacial score (nSPS) is 11.0. The van der Waals surface area contributed by atoms with Gasteiger partial charge in [0.1, 0.15) is 11.6 Å². The molecule has 0 bridgehead atoms. The van der Waals surface area contributed by atoms with Gasteiger partial charge in [0.05, 0.1) is 24.1 Å². The molecule has 4 rings (SSSR count). The van der Waals surface area contributed by atoms with Crippen LogP contribution in [0, 0.1) is 13.8 Å². The average Bonchev–Trinajstić information content (AvgIpc) is 3.17. The van der Waals surface area contributed by atoms with Gasteiger partial charge in [0.2, 0.25) is 5.91 Å². The number of carbonyl (C=O) groups is 1. The zero-order chi connectivity index (χ0) is 23.9. The first-order valence-corrected chi connectivity index (χ1v) is 12.0.